The fourth-order valence-electron chi connectivity index (χ4n) is 3.22. The van der Waals surface area contributed by atoms with E-state index in [1.807, 2.05) is 23.1 Å². The average Bonchev–Trinajstić information content (AvgIpc) is 2.70. The van der Waals surface area contributed by atoms with Gasteiger partial charge in [0.15, 0.2) is 11.5 Å². The van der Waals surface area contributed by atoms with Crippen molar-refractivity contribution in [2.45, 2.75) is 20.3 Å². The van der Waals surface area contributed by atoms with E-state index < -0.39 is 0 Å². The molecule has 1 aliphatic rings. The molecule has 1 aromatic carbocycles. The number of hydrogen-bond acceptors (Lipinski definition) is 5. The molecule has 7 heteroatoms. The third-order valence-electron chi connectivity index (χ3n) is 5.06. The van der Waals surface area contributed by atoms with Gasteiger partial charge in [-0.15, -0.1) is 0 Å². The van der Waals surface area contributed by atoms with Gasteiger partial charge in [-0.1, -0.05) is 13.0 Å². The first-order valence-corrected chi connectivity index (χ1v) is 9.45. The normalized spacial score (nSPS) is 14.7. The Bertz CT molecular complexity index is 642. The maximum atomic E-state index is 12.6. The fraction of sp³-hybridized carbons (Fsp3) is 0.600. The molecule has 27 heavy (non-hydrogen) atoms. The average molecular weight is 377 g/mol. The predicted molar refractivity (Wildman–Crippen MR) is 104 cm³/mol. The lowest BCUT2D eigenvalue weighted by molar-refractivity contribution is -0.140. The zero-order valence-corrected chi connectivity index (χ0v) is 16.9. The van der Waals surface area contributed by atoms with Crippen molar-refractivity contribution in [3.63, 3.8) is 0 Å². The van der Waals surface area contributed by atoms with Gasteiger partial charge in [0.2, 0.25) is 11.8 Å². The van der Waals surface area contributed by atoms with Crippen LogP contribution in [0.1, 0.15) is 19.4 Å². The molecule has 0 bridgehead atoms. The maximum absolute atomic E-state index is 12.6. The second-order valence-corrected chi connectivity index (χ2v) is 6.69. The van der Waals surface area contributed by atoms with E-state index >= 15 is 0 Å². The van der Waals surface area contributed by atoms with Crippen LogP contribution in [-0.4, -0.2) is 86.5 Å². The molecular weight excluding hydrogens is 346 g/mol. The van der Waals surface area contributed by atoms with Gasteiger partial charge in [-0.2, -0.15) is 0 Å². The summed E-state index contributed by atoms with van der Waals surface area (Å²) in [5.41, 5.74) is 1.03. The summed E-state index contributed by atoms with van der Waals surface area (Å²) in [6, 6.07) is 5.71. The second-order valence-electron chi connectivity index (χ2n) is 6.69. The summed E-state index contributed by atoms with van der Waals surface area (Å²) >= 11 is 0. The van der Waals surface area contributed by atoms with E-state index in [0.29, 0.717) is 24.5 Å². The Morgan fingerprint density at radius 3 is 2.30 bits per heavy atom. The molecule has 2 amide bonds. The molecule has 0 radical (unpaired) electrons. The predicted octanol–water partition coefficient (Wildman–Crippen LogP) is 1.26. The first-order chi connectivity index (χ1) is 13.0. The largest absolute Gasteiger partial charge is 0.493 e. The summed E-state index contributed by atoms with van der Waals surface area (Å²) in [7, 11) is 3.20. The molecule has 0 aromatic heterocycles. The van der Waals surface area contributed by atoms with Crippen LogP contribution in [0.5, 0.6) is 11.5 Å². The van der Waals surface area contributed by atoms with Crippen molar-refractivity contribution < 1.29 is 19.1 Å². The van der Waals surface area contributed by atoms with Gasteiger partial charge in [0, 0.05) is 39.6 Å². The minimum absolute atomic E-state index is 0.0215. The van der Waals surface area contributed by atoms with Gasteiger partial charge >= 0.3 is 0 Å². The lowest BCUT2D eigenvalue weighted by Crippen LogP contribution is -2.51. The second kappa shape index (κ2) is 10.2. The molecule has 2 rings (SSSR count). The lowest BCUT2D eigenvalue weighted by Gasteiger charge is -2.35. The number of likely N-dealkylation sites (N-methyl/N-ethyl adjacent to an activating group) is 1. The molecule has 1 aromatic rings. The number of piperazine rings is 1. The summed E-state index contributed by atoms with van der Waals surface area (Å²) < 4.78 is 10.6. The highest BCUT2D eigenvalue weighted by molar-refractivity contribution is 5.84. The van der Waals surface area contributed by atoms with Crippen LogP contribution >= 0.6 is 0 Å². The first kappa shape index (κ1) is 21.0. The van der Waals surface area contributed by atoms with Crippen molar-refractivity contribution in [1.29, 1.82) is 0 Å². The van der Waals surface area contributed by atoms with Gasteiger partial charge in [-0.3, -0.25) is 9.59 Å². The van der Waals surface area contributed by atoms with E-state index in [1.54, 1.807) is 19.1 Å². The number of amides is 2. The minimum atomic E-state index is -0.0870. The number of carbonyl (C=O) groups excluding carboxylic acids is 2. The quantitative estimate of drug-likeness (QED) is 0.683. The van der Waals surface area contributed by atoms with Crippen LogP contribution in [0, 0.1) is 0 Å². The van der Waals surface area contributed by atoms with E-state index in [1.165, 1.54) is 6.92 Å². The van der Waals surface area contributed by atoms with E-state index in [-0.39, 0.29) is 18.4 Å². The molecule has 0 aliphatic carbocycles. The van der Waals surface area contributed by atoms with Crippen LogP contribution in [0.15, 0.2) is 18.2 Å². The molecule has 0 atom stereocenters. The molecule has 7 nitrogen and oxygen atoms in total. The van der Waals surface area contributed by atoms with E-state index in [9.17, 15) is 9.59 Å². The number of rotatable bonds is 8. The van der Waals surface area contributed by atoms with Crippen LogP contribution in [0.2, 0.25) is 0 Å². The fourth-order valence-corrected chi connectivity index (χ4v) is 3.22. The van der Waals surface area contributed by atoms with E-state index in [4.69, 9.17) is 9.47 Å². The third kappa shape index (κ3) is 5.85. The number of ether oxygens (including phenoxy) is 2. The van der Waals surface area contributed by atoms with Crippen LogP contribution in [0.25, 0.3) is 0 Å². The van der Waals surface area contributed by atoms with Gasteiger partial charge in [0.05, 0.1) is 20.8 Å². The SMILES string of the molecule is CCN1CCN(C(=O)CN(CCc2ccc(OC)c(OC)c2)C(C)=O)CC1. The van der Waals surface area contributed by atoms with Crippen LogP contribution in [-0.2, 0) is 16.0 Å². The van der Waals surface area contributed by atoms with Gasteiger partial charge in [-0.25, -0.2) is 0 Å². The Labute approximate surface area is 161 Å². The van der Waals surface area contributed by atoms with E-state index in [2.05, 4.69) is 11.8 Å². The summed E-state index contributed by atoms with van der Waals surface area (Å²) in [5.74, 6) is 1.27. The minimum Gasteiger partial charge on any atom is -0.493 e. The highest BCUT2D eigenvalue weighted by atomic mass is 16.5. The molecule has 0 unspecified atom stereocenters. The summed E-state index contributed by atoms with van der Waals surface area (Å²) in [6.07, 6.45) is 0.650. The smallest absolute Gasteiger partial charge is 0.242 e. The van der Waals surface area contributed by atoms with Crippen LogP contribution in [0.4, 0.5) is 0 Å². The Balaban J connectivity index is 1.92. The molecule has 1 aliphatic heterocycles. The van der Waals surface area contributed by atoms with Gasteiger partial charge in [-0.05, 0) is 30.7 Å². The number of hydrogen-bond donors (Lipinski definition) is 0. The molecule has 150 valence electrons. The van der Waals surface area contributed by atoms with Gasteiger partial charge in [0.1, 0.15) is 0 Å². The Kier molecular flexibility index (Phi) is 7.91. The third-order valence-corrected chi connectivity index (χ3v) is 5.06. The van der Waals surface area contributed by atoms with Crippen molar-refractivity contribution in [3.05, 3.63) is 23.8 Å². The van der Waals surface area contributed by atoms with Crippen LogP contribution in [0.3, 0.4) is 0 Å². The maximum Gasteiger partial charge on any atom is 0.242 e. The zero-order chi connectivity index (χ0) is 19.8. The molecule has 1 heterocycles. The standard InChI is InChI=1S/C20H31N3O4/c1-5-21-10-12-22(13-11-21)20(25)15-23(16(2)24)9-8-17-6-7-18(26-3)19(14-17)27-4/h6-7,14H,5,8-13,15H2,1-4H3. The van der Waals surface area contributed by atoms with Crippen molar-refractivity contribution in [3.8, 4) is 11.5 Å². The molecule has 1 fully saturated rings. The highest BCUT2D eigenvalue weighted by Crippen LogP contribution is 2.27. The summed E-state index contributed by atoms with van der Waals surface area (Å²) in [5, 5.41) is 0. The zero-order valence-electron chi connectivity index (χ0n) is 16.9. The molecule has 0 saturated carbocycles. The number of benzene rings is 1. The molecule has 0 N–H and O–H groups in total. The first-order valence-electron chi connectivity index (χ1n) is 9.45. The molecule has 1 saturated heterocycles. The Morgan fingerprint density at radius 1 is 1.07 bits per heavy atom. The van der Waals surface area contributed by atoms with Crippen molar-refractivity contribution in [2.75, 3.05) is 60.0 Å². The lowest BCUT2D eigenvalue weighted by atomic mass is 10.1. The highest BCUT2D eigenvalue weighted by Gasteiger charge is 2.23. The number of carbonyl (C=O) groups is 2. The van der Waals surface area contributed by atoms with Crippen LogP contribution < -0.4 is 9.47 Å². The van der Waals surface area contributed by atoms with Gasteiger partial charge in [0.25, 0.3) is 0 Å². The van der Waals surface area contributed by atoms with Crippen molar-refractivity contribution >= 4 is 11.8 Å². The summed E-state index contributed by atoms with van der Waals surface area (Å²) in [4.78, 5) is 30.4. The summed E-state index contributed by atoms with van der Waals surface area (Å²) in [6.45, 7) is 8.53. The van der Waals surface area contributed by atoms with Gasteiger partial charge < -0.3 is 24.2 Å². The molecular formula is C20H31N3O4. The van der Waals surface area contributed by atoms with Crippen molar-refractivity contribution in [2.24, 2.45) is 0 Å². The monoisotopic (exact) mass is 377 g/mol. The van der Waals surface area contributed by atoms with Crippen molar-refractivity contribution in [1.82, 2.24) is 14.7 Å². The Morgan fingerprint density at radius 2 is 1.74 bits per heavy atom. The van der Waals surface area contributed by atoms with E-state index in [0.717, 1.165) is 38.3 Å². The molecule has 0 spiro atoms. The number of methoxy groups -OCH3 is 2. The number of nitrogens with zero attached hydrogens (tertiary/aromatic N) is 3. The topological polar surface area (TPSA) is 62.3 Å². The Hall–Kier alpha value is -2.28.